The van der Waals surface area contributed by atoms with Gasteiger partial charge in [-0.15, -0.1) is 0 Å². The third-order valence-electron chi connectivity index (χ3n) is 4.45. The van der Waals surface area contributed by atoms with Crippen LogP contribution in [0.3, 0.4) is 0 Å². The van der Waals surface area contributed by atoms with Gasteiger partial charge in [0.1, 0.15) is 5.82 Å². The average molecular weight is 372 g/mol. The number of benzene rings is 1. The first-order chi connectivity index (χ1) is 12.3. The van der Waals surface area contributed by atoms with Crippen molar-refractivity contribution in [2.24, 2.45) is 0 Å². The predicted octanol–water partition coefficient (Wildman–Crippen LogP) is 3.36. The fourth-order valence-corrected chi connectivity index (χ4v) is 3.78. The molecule has 0 spiro atoms. The second kappa shape index (κ2) is 7.53. The van der Waals surface area contributed by atoms with E-state index < -0.39 is 11.8 Å². The number of hydrogen-bond acceptors (Lipinski definition) is 5. The van der Waals surface area contributed by atoms with Crippen LogP contribution in [0.4, 0.5) is 5.13 Å². The number of carbonyl (C=O) groups excluding carboxylic acids is 2. The molecule has 3 rings (SSSR count). The van der Waals surface area contributed by atoms with E-state index in [9.17, 15) is 9.59 Å². The zero-order valence-electron chi connectivity index (χ0n) is 15.3. The molecule has 1 aliphatic rings. The van der Waals surface area contributed by atoms with Gasteiger partial charge in [0.15, 0.2) is 0 Å². The first-order valence-corrected chi connectivity index (χ1v) is 9.66. The summed E-state index contributed by atoms with van der Waals surface area (Å²) in [6, 6.07) is 7.97. The van der Waals surface area contributed by atoms with Crippen molar-refractivity contribution in [1.82, 2.24) is 14.7 Å². The Bertz CT molecular complexity index is 810. The van der Waals surface area contributed by atoms with Gasteiger partial charge in [-0.1, -0.05) is 51.5 Å². The van der Waals surface area contributed by atoms with Crippen molar-refractivity contribution in [1.29, 1.82) is 0 Å². The minimum atomic E-state index is -0.705. The average Bonchev–Trinajstić information content (AvgIpc) is 2.97. The van der Waals surface area contributed by atoms with Gasteiger partial charge in [0, 0.05) is 16.9 Å². The van der Waals surface area contributed by atoms with E-state index in [4.69, 9.17) is 0 Å². The molecule has 0 aliphatic heterocycles. The Hall–Kier alpha value is -2.28. The summed E-state index contributed by atoms with van der Waals surface area (Å²) in [5.74, 6) is -0.696. The number of anilines is 1. The predicted molar refractivity (Wildman–Crippen MR) is 102 cm³/mol. The van der Waals surface area contributed by atoms with Crippen molar-refractivity contribution in [2.45, 2.75) is 57.9 Å². The Morgan fingerprint density at radius 3 is 2.65 bits per heavy atom. The van der Waals surface area contributed by atoms with Crippen molar-refractivity contribution in [3.8, 4) is 0 Å². The number of aryl methyl sites for hydroxylation is 1. The van der Waals surface area contributed by atoms with Crippen LogP contribution in [0.2, 0.25) is 0 Å². The minimum Gasteiger partial charge on any atom is -0.341 e. The van der Waals surface area contributed by atoms with Crippen LogP contribution in [-0.2, 0) is 21.4 Å². The molecular formula is C19H24N4O2S. The molecule has 0 fully saturated rings. The zero-order valence-corrected chi connectivity index (χ0v) is 16.2. The van der Waals surface area contributed by atoms with Crippen LogP contribution in [0.25, 0.3) is 0 Å². The number of nitrogens with one attached hydrogen (secondary N) is 2. The highest BCUT2D eigenvalue weighted by molar-refractivity contribution is 7.10. The Kier molecular flexibility index (Phi) is 5.36. The van der Waals surface area contributed by atoms with E-state index in [-0.39, 0.29) is 11.5 Å². The van der Waals surface area contributed by atoms with E-state index in [1.165, 1.54) is 5.56 Å². The second-order valence-corrected chi connectivity index (χ2v) is 8.35. The molecule has 0 saturated heterocycles. The smallest absolute Gasteiger partial charge is 0.315 e. The minimum absolute atomic E-state index is 0.133. The maximum Gasteiger partial charge on any atom is 0.315 e. The van der Waals surface area contributed by atoms with E-state index in [0.717, 1.165) is 42.8 Å². The molecule has 2 N–H and O–H groups in total. The van der Waals surface area contributed by atoms with Gasteiger partial charge in [-0.05, 0) is 30.4 Å². The summed E-state index contributed by atoms with van der Waals surface area (Å²) < 4.78 is 4.24. The lowest BCUT2D eigenvalue weighted by atomic mass is 9.96. The molecule has 1 aromatic carbocycles. The summed E-state index contributed by atoms with van der Waals surface area (Å²) in [6.07, 6.45) is 3.96. The van der Waals surface area contributed by atoms with Crippen LogP contribution >= 0.6 is 11.5 Å². The molecule has 2 aromatic rings. The van der Waals surface area contributed by atoms with Crippen LogP contribution in [0.15, 0.2) is 24.3 Å². The second-order valence-electron chi connectivity index (χ2n) is 7.60. The van der Waals surface area contributed by atoms with E-state index >= 15 is 0 Å². The number of rotatable bonds is 2. The molecule has 0 radical (unpaired) electrons. The number of hydrogen-bond donors (Lipinski definition) is 2. The van der Waals surface area contributed by atoms with E-state index in [1.807, 2.05) is 39.0 Å². The van der Waals surface area contributed by atoms with Crippen molar-refractivity contribution in [3.63, 3.8) is 0 Å². The summed E-state index contributed by atoms with van der Waals surface area (Å²) in [5, 5.41) is 5.78. The molecule has 0 bridgehead atoms. The molecule has 6 nitrogen and oxygen atoms in total. The summed E-state index contributed by atoms with van der Waals surface area (Å²) >= 11 is 1.09. The number of nitrogens with zero attached hydrogens (tertiary/aromatic N) is 2. The van der Waals surface area contributed by atoms with Gasteiger partial charge in [-0.25, -0.2) is 4.98 Å². The van der Waals surface area contributed by atoms with Gasteiger partial charge >= 0.3 is 11.8 Å². The molecule has 1 aliphatic carbocycles. The topological polar surface area (TPSA) is 84.0 Å². The number of aromatic nitrogens is 2. The Labute approximate surface area is 157 Å². The zero-order chi connectivity index (χ0) is 18.7. The monoisotopic (exact) mass is 372 g/mol. The fraction of sp³-hybridized carbons (Fsp3) is 0.474. The van der Waals surface area contributed by atoms with Crippen LogP contribution < -0.4 is 10.6 Å². The van der Waals surface area contributed by atoms with Gasteiger partial charge < -0.3 is 5.32 Å². The van der Waals surface area contributed by atoms with Crippen molar-refractivity contribution in [2.75, 3.05) is 5.32 Å². The van der Waals surface area contributed by atoms with Crippen molar-refractivity contribution in [3.05, 3.63) is 41.2 Å². The van der Waals surface area contributed by atoms with Gasteiger partial charge in [-0.3, -0.25) is 14.9 Å². The Morgan fingerprint density at radius 2 is 1.92 bits per heavy atom. The Morgan fingerprint density at radius 1 is 1.15 bits per heavy atom. The fourth-order valence-electron chi connectivity index (χ4n) is 3.03. The molecule has 26 heavy (non-hydrogen) atoms. The third kappa shape index (κ3) is 4.27. The molecule has 138 valence electrons. The molecule has 2 amide bonds. The Balaban J connectivity index is 1.66. The summed E-state index contributed by atoms with van der Waals surface area (Å²) in [4.78, 5) is 28.9. The standard InChI is InChI=1S/C19H24N4O2S/c1-19(2,3)17-22-18(26-23-17)21-16(25)15(24)20-14-11-7-5-9-12-8-4-6-10-13(12)14/h4,6,8,10,14H,5,7,9,11H2,1-3H3,(H,20,24)(H,21,22,23,25). The summed E-state index contributed by atoms with van der Waals surface area (Å²) in [6.45, 7) is 5.99. The number of carbonyl (C=O) groups is 2. The van der Waals surface area contributed by atoms with E-state index in [1.54, 1.807) is 0 Å². The molecule has 0 saturated carbocycles. The van der Waals surface area contributed by atoms with Crippen LogP contribution in [-0.4, -0.2) is 21.2 Å². The van der Waals surface area contributed by atoms with Gasteiger partial charge in [0.25, 0.3) is 0 Å². The van der Waals surface area contributed by atoms with Crippen LogP contribution in [0.5, 0.6) is 0 Å². The largest absolute Gasteiger partial charge is 0.341 e. The first kappa shape index (κ1) is 18.5. The van der Waals surface area contributed by atoms with Crippen molar-refractivity contribution >= 4 is 28.5 Å². The number of fused-ring (bicyclic) bond motifs is 1. The van der Waals surface area contributed by atoms with E-state index in [2.05, 4.69) is 26.1 Å². The van der Waals surface area contributed by atoms with Crippen molar-refractivity contribution < 1.29 is 9.59 Å². The first-order valence-electron chi connectivity index (χ1n) is 8.88. The highest BCUT2D eigenvalue weighted by Crippen LogP contribution is 2.28. The summed E-state index contributed by atoms with van der Waals surface area (Å²) in [7, 11) is 0. The lowest BCUT2D eigenvalue weighted by Crippen LogP contribution is -2.38. The van der Waals surface area contributed by atoms with Crippen LogP contribution in [0.1, 0.15) is 63.0 Å². The third-order valence-corrected chi connectivity index (χ3v) is 5.08. The quantitative estimate of drug-likeness (QED) is 0.625. The van der Waals surface area contributed by atoms with E-state index in [0.29, 0.717) is 11.0 Å². The lowest BCUT2D eigenvalue weighted by Gasteiger charge is -2.18. The molecule has 1 aromatic heterocycles. The maximum absolute atomic E-state index is 12.4. The summed E-state index contributed by atoms with van der Waals surface area (Å²) in [5.41, 5.74) is 2.15. The molecule has 1 heterocycles. The molecule has 7 heteroatoms. The highest BCUT2D eigenvalue weighted by Gasteiger charge is 2.25. The highest BCUT2D eigenvalue weighted by atomic mass is 32.1. The molecular weight excluding hydrogens is 348 g/mol. The van der Waals surface area contributed by atoms with Gasteiger partial charge in [0.2, 0.25) is 5.13 Å². The SMILES string of the molecule is CC(C)(C)c1nsc(NC(=O)C(=O)NC2CCCCc3ccccc32)n1. The maximum atomic E-state index is 12.4. The lowest BCUT2D eigenvalue weighted by molar-refractivity contribution is -0.136. The number of amides is 2. The molecule has 1 atom stereocenters. The van der Waals surface area contributed by atoms with Crippen LogP contribution in [0, 0.1) is 0 Å². The van der Waals surface area contributed by atoms with Gasteiger partial charge in [-0.2, -0.15) is 4.37 Å². The van der Waals surface area contributed by atoms with Gasteiger partial charge in [0.05, 0.1) is 6.04 Å². The molecule has 1 unspecified atom stereocenters. The normalized spacial score (nSPS) is 17.1.